The van der Waals surface area contributed by atoms with Gasteiger partial charge in [0.1, 0.15) is 11.5 Å². The number of hydrogen-bond acceptors (Lipinski definition) is 7. The van der Waals surface area contributed by atoms with Crippen LogP contribution in [0.3, 0.4) is 0 Å². The second-order valence-corrected chi connectivity index (χ2v) is 11.8. The number of methoxy groups -OCH3 is 2. The van der Waals surface area contributed by atoms with E-state index in [1.54, 1.807) is 46.3 Å². The predicted octanol–water partition coefficient (Wildman–Crippen LogP) is 6.11. The van der Waals surface area contributed by atoms with Crippen LogP contribution in [0.2, 0.25) is 0 Å². The molecule has 228 valence electrons. The lowest BCUT2D eigenvalue weighted by Gasteiger charge is -2.25. The van der Waals surface area contributed by atoms with Crippen LogP contribution >= 0.6 is 7.60 Å². The van der Waals surface area contributed by atoms with Crippen molar-refractivity contribution in [1.29, 1.82) is 0 Å². The molecule has 1 aromatic carbocycles. The Hall–Kier alpha value is -2.87. The van der Waals surface area contributed by atoms with Crippen molar-refractivity contribution in [2.75, 3.05) is 59.8 Å². The minimum Gasteiger partial charge on any atom is -0.497 e. The molecular weight excluding hydrogens is 543 g/mol. The highest BCUT2D eigenvalue weighted by atomic mass is 31.2. The second-order valence-electron chi connectivity index (χ2n) is 9.67. The minimum atomic E-state index is -3.07. The lowest BCUT2D eigenvalue weighted by Crippen LogP contribution is -2.34. The average molecular weight is 591 g/mol. The van der Waals surface area contributed by atoms with Crippen molar-refractivity contribution in [3.63, 3.8) is 0 Å². The number of carbonyl (C=O) groups excluding carboxylic acids is 2. The molecule has 2 heterocycles. The Morgan fingerprint density at radius 2 is 1.24 bits per heavy atom. The van der Waals surface area contributed by atoms with Crippen LogP contribution < -0.4 is 9.47 Å². The zero-order chi connectivity index (χ0) is 29.9. The predicted molar refractivity (Wildman–Crippen MR) is 163 cm³/mol. The van der Waals surface area contributed by atoms with Crippen molar-refractivity contribution in [2.24, 2.45) is 0 Å². The number of piperidine rings is 2. The van der Waals surface area contributed by atoms with Crippen molar-refractivity contribution in [2.45, 2.75) is 52.4 Å². The molecule has 0 radical (unpaired) electrons. The summed E-state index contributed by atoms with van der Waals surface area (Å²) in [5, 5.41) is 0. The molecule has 0 bridgehead atoms. The summed E-state index contributed by atoms with van der Waals surface area (Å²) in [5.74, 6) is 1.56. The standard InChI is InChI=1S/C18H23NO3.C13H24NO4P/c1-21-16-12-15(13-17(14-16)22-2)8-4-5-9-18(20)19-10-6-3-7-11-19;1-3-17-19(16,18-4-2)12-8-9-13(15)14-10-6-5-7-11-14/h4-5,8-9,12-14H,3,6-7,10-11H2,1-2H3;8-9H,3-7,10-12H2,1-2H3/b8-4+,9-5+;9-8+. The van der Waals surface area contributed by atoms with Crippen molar-refractivity contribution >= 4 is 25.5 Å². The zero-order valence-corrected chi connectivity index (χ0v) is 26.0. The Kier molecular flexibility index (Phi) is 16.2. The summed E-state index contributed by atoms with van der Waals surface area (Å²) in [6.45, 7) is 7.61. The fraction of sp³-hybridized carbons (Fsp3) is 0.548. The summed E-state index contributed by atoms with van der Waals surface area (Å²) in [7, 11) is 0.176. The van der Waals surface area contributed by atoms with E-state index in [4.69, 9.17) is 18.5 Å². The summed E-state index contributed by atoms with van der Waals surface area (Å²) < 4.78 is 32.9. The molecule has 0 saturated carbocycles. The van der Waals surface area contributed by atoms with Gasteiger partial charge in [-0.15, -0.1) is 0 Å². The van der Waals surface area contributed by atoms with Crippen LogP contribution in [0.5, 0.6) is 11.5 Å². The molecule has 1 aromatic rings. The van der Waals surface area contributed by atoms with E-state index in [-0.39, 0.29) is 18.0 Å². The molecule has 0 spiro atoms. The zero-order valence-electron chi connectivity index (χ0n) is 25.1. The fourth-order valence-electron chi connectivity index (χ4n) is 4.49. The molecule has 9 nitrogen and oxygen atoms in total. The fourth-order valence-corrected chi connectivity index (χ4v) is 5.92. The number of carbonyl (C=O) groups is 2. The summed E-state index contributed by atoms with van der Waals surface area (Å²) in [6.07, 6.45) is 17.2. The number of ether oxygens (including phenoxy) is 2. The molecule has 0 atom stereocenters. The maximum Gasteiger partial charge on any atom is 0.334 e. The van der Waals surface area contributed by atoms with Gasteiger partial charge in [-0.3, -0.25) is 14.2 Å². The monoisotopic (exact) mass is 590 g/mol. The van der Waals surface area contributed by atoms with Gasteiger partial charge in [-0.2, -0.15) is 0 Å². The van der Waals surface area contributed by atoms with Crippen LogP contribution in [0.4, 0.5) is 0 Å². The average Bonchev–Trinajstić information content (AvgIpc) is 3.00. The summed E-state index contributed by atoms with van der Waals surface area (Å²) in [4.78, 5) is 27.6. The van der Waals surface area contributed by atoms with Crippen LogP contribution in [-0.4, -0.2) is 81.4 Å². The molecule has 0 aromatic heterocycles. The molecule has 0 aliphatic carbocycles. The number of likely N-dealkylation sites (tertiary alicyclic amines) is 2. The molecule has 0 unspecified atom stereocenters. The Balaban J connectivity index is 0.000000290. The number of rotatable bonds is 12. The third kappa shape index (κ3) is 13.1. The third-order valence-electron chi connectivity index (χ3n) is 6.59. The molecule has 2 saturated heterocycles. The largest absolute Gasteiger partial charge is 0.497 e. The molecule has 10 heteroatoms. The summed E-state index contributed by atoms with van der Waals surface area (Å²) in [5.41, 5.74) is 0.964. The van der Waals surface area contributed by atoms with E-state index in [0.717, 1.165) is 68.9 Å². The molecule has 2 fully saturated rings. The van der Waals surface area contributed by atoms with Crippen molar-refractivity contribution in [1.82, 2.24) is 9.80 Å². The maximum absolute atomic E-state index is 12.2. The van der Waals surface area contributed by atoms with Gasteiger partial charge in [0.15, 0.2) is 0 Å². The Bertz CT molecular complexity index is 1040. The first kappa shape index (κ1) is 34.3. The van der Waals surface area contributed by atoms with E-state index in [1.165, 1.54) is 18.9 Å². The molecule has 3 rings (SSSR count). The van der Waals surface area contributed by atoms with E-state index >= 15 is 0 Å². The van der Waals surface area contributed by atoms with Gasteiger partial charge in [0.05, 0.1) is 33.6 Å². The van der Waals surface area contributed by atoms with Gasteiger partial charge >= 0.3 is 7.60 Å². The minimum absolute atomic E-state index is 0.0146. The highest BCUT2D eigenvalue weighted by Crippen LogP contribution is 2.47. The van der Waals surface area contributed by atoms with E-state index in [1.807, 2.05) is 40.2 Å². The van der Waals surface area contributed by atoms with Crippen molar-refractivity contribution < 1.29 is 32.7 Å². The molecule has 0 N–H and O–H groups in total. The number of nitrogens with zero attached hydrogens (tertiary/aromatic N) is 2. The third-order valence-corrected chi connectivity index (χ3v) is 8.55. The first-order chi connectivity index (χ1) is 19.8. The van der Waals surface area contributed by atoms with E-state index < -0.39 is 7.60 Å². The summed E-state index contributed by atoms with van der Waals surface area (Å²) in [6, 6.07) is 5.66. The van der Waals surface area contributed by atoms with Gasteiger partial charge in [0.2, 0.25) is 11.8 Å². The van der Waals surface area contributed by atoms with Crippen LogP contribution in [0.1, 0.15) is 57.9 Å². The van der Waals surface area contributed by atoms with E-state index in [9.17, 15) is 14.2 Å². The van der Waals surface area contributed by atoms with Gasteiger partial charge in [-0.25, -0.2) is 0 Å². The van der Waals surface area contributed by atoms with E-state index in [2.05, 4.69) is 0 Å². The van der Waals surface area contributed by atoms with Crippen LogP contribution in [0.25, 0.3) is 6.08 Å². The molecule has 2 amide bonds. The highest BCUT2D eigenvalue weighted by molar-refractivity contribution is 7.54. The summed E-state index contributed by atoms with van der Waals surface area (Å²) >= 11 is 0. The number of allylic oxidation sites excluding steroid dienone is 3. The van der Waals surface area contributed by atoms with Crippen LogP contribution in [-0.2, 0) is 23.2 Å². The maximum atomic E-state index is 12.2. The normalized spacial score (nSPS) is 16.2. The number of amides is 2. The lowest BCUT2D eigenvalue weighted by atomic mass is 10.1. The quantitative estimate of drug-likeness (QED) is 0.165. The number of benzene rings is 1. The van der Waals surface area contributed by atoms with Gasteiger partial charge in [-0.05, 0) is 76.1 Å². The van der Waals surface area contributed by atoms with Gasteiger partial charge in [-0.1, -0.05) is 24.3 Å². The SMILES string of the molecule is CCOP(=O)(C/C=C/C(=O)N1CCCCC1)OCC.COc1cc(/C=C/C=C/C(=O)N2CCCCC2)cc(OC)c1. The topological polar surface area (TPSA) is 94.6 Å². The lowest BCUT2D eigenvalue weighted by molar-refractivity contribution is -0.127. The highest BCUT2D eigenvalue weighted by Gasteiger charge is 2.22. The second kappa shape index (κ2) is 19.3. The van der Waals surface area contributed by atoms with Gasteiger partial charge in [0, 0.05) is 38.3 Å². The van der Waals surface area contributed by atoms with E-state index in [0.29, 0.717) is 13.2 Å². The van der Waals surface area contributed by atoms with Crippen molar-refractivity contribution in [3.8, 4) is 11.5 Å². The van der Waals surface area contributed by atoms with Crippen LogP contribution in [0.15, 0.2) is 48.6 Å². The molecule has 41 heavy (non-hydrogen) atoms. The Labute approximate surface area is 245 Å². The van der Waals surface area contributed by atoms with Crippen LogP contribution in [0, 0.1) is 0 Å². The smallest absolute Gasteiger partial charge is 0.334 e. The first-order valence-electron chi connectivity index (χ1n) is 14.5. The molecular formula is C31H47N2O7P. The molecule has 2 aliphatic rings. The van der Waals surface area contributed by atoms with Crippen molar-refractivity contribution in [3.05, 3.63) is 54.1 Å². The van der Waals surface area contributed by atoms with Gasteiger partial charge in [0.25, 0.3) is 0 Å². The first-order valence-corrected chi connectivity index (χ1v) is 16.3. The van der Waals surface area contributed by atoms with Gasteiger partial charge < -0.3 is 28.3 Å². The Morgan fingerprint density at radius 1 is 0.756 bits per heavy atom. The Morgan fingerprint density at radius 3 is 1.71 bits per heavy atom. The number of hydrogen-bond donors (Lipinski definition) is 0. The molecule has 2 aliphatic heterocycles.